The van der Waals surface area contributed by atoms with Gasteiger partial charge in [-0.3, -0.25) is 9.80 Å². The molecule has 4 aliphatic heterocycles. The molecule has 1 aromatic heterocycles. The summed E-state index contributed by atoms with van der Waals surface area (Å²) in [4.78, 5) is 17.8. The number of fused-ring (bicyclic) bond motifs is 2. The van der Waals surface area contributed by atoms with Crippen molar-refractivity contribution in [1.29, 1.82) is 0 Å². The number of carbonyl (C=O) groups excluding carboxylic acids is 1. The van der Waals surface area contributed by atoms with Crippen molar-refractivity contribution in [3.05, 3.63) is 118 Å². The van der Waals surface area contributed by atoms with Gasteiger partial charge in [0.15, 0.2) is 34.5 Å². The van der Waals surface area contributed by atoms with E-state index in [0.29, 0.717) is 58.7 Å². The molecule has 11 nitrogen and oxygen atoms in total. The molecule has 0 amide bonds. The SMILES string of the molecule is COc1ccc2cc1Oc1ccc(cc1)C[C@H]1c3cc(c(OC)cc3CCN1C)Oc1c(OC)c(OC)c(COC(=O)c3ccco3)c3c1[C@H](C2)N(C)CC3. The van der Waals surface area contributed by atoms with E-state index in [-0.39, 0.29) is 24.5 Å². The number of benzene rings is 4. The van der Waals surface area contributed by atoms with Crippen LogP contribution in [-0.2, 0) is 37.0 Å². The van der Waals surface area contributed by atoms with E-state index >= 15 is 0 Å². The van der Waals surface area contributed by atoms with Crippen molar-refractivity contribution >= 4 is 5.97 Å². The maximum Gasteiger partial charge on any atom is 0.374 e. The van der Waals surface area contributed by atoms with E-state index in [0.717, 1.165) is 48.4 Å². The van der Waals surface area contributed by atoms with Gasteiger partial charge in [-0.1, -0.05) is 18.2 Å². The predicted octanol–water partition coefficient (Wildman–Crippen LogP) is 8.11. The van der Waals surface area contributed by atoms with Gasteiger partial charge in [0.05, 0.1) is 34.7 Å². The minimum atomic E-state index is -0.573. The van der Waals surface area contributed by atoms with Crippen molar-refractivity contribution < 1.29 is 42.4 Å². The Hall–Kier alpha value is -5.65. The van der Waals surface area contributed by atoms with E-state index < -0.39 is 5.97 Å². The first-order valence-electron chi connectivity index (χ1n) is 18.5. The molecule has 0 aliphatic carbocycles. The summed E-state index contributed by atoms with van der Waals surface area (Å²) in [7, 11) is 10.8. The third-order valence-corrected chi connectivity index (χ3v) is 11.2. The molecule has 0 spiro atoms. The molecule has 286 valence electrons. The normalized spacial score (nSPS) is 17.9. The zero-order chi connectivity index (χ0) is 38.2. The summed E-state index contributed by atoms with van der Waals surface area (Å²) in [5, 5.41) is 0. The quantitative estimate of drug-likeness (QED) is 0.151. The summed E-state index contributed by atoms with van der Waals surface area (Å²) in [6, 6.07) is 21.7. The number of ether oxygens (including phenoxy) is 7. The Bertz CT molecular complexity index is 2200. The minimum Gasteiger partial charge on any atom is -0.493 e. The maximum absolute atomic E-state index is 13.1. The highest BCUT2D eigenvalue weighted by Gasteiger charge is 2.37. The number of likely N-dealkylation sites (N-methyl/N-ethyl adjacent to an activating group) is 2. The summed E-state index contributed by atoms with van der Waals surface area (Å²) >= 11 is 0. The molecule has 5 aromatic rings. The van der Waals surface area contributed by atoms with Gasteiger partial charge in [0.2, 0.25) is 11.5 Å². The van der Waals surface area contributed by atoms with E-state index in [2.05, 4.69) is 54.2 Å². The number of esters is 1. The third kappa shape index (κ3) is 6.83. The molecular weight excluding hydrogens is 700 g/mol. The first-order valence-corrected chi connectivity index (χ1v) is 18.5. The largest absolute Gasteiger partial charge is 0.493 e. The summed E-state index contributed by atoms with van der Waals surface area (Å²) in [5.41, 5.74) is 7.22. The van der Waals surface area contributed by atoms with E-state index in [1.54, 1.807) is 40.6 Å². The summed E-state index contributed by atoms with van der Waals surface area (Å²) in [5.74, 6) is 4.09. The van der Waals surface area contributed by atoms with Crippen LogP contribution in [0.2, 0.25) is 0 Å². The van der Waals surface area contributed by atoms with Crippen molar-refractivity contribution in [3.63, 3.8) is 0 Å². The van der Waals surface area contributed by atoms with Gasteiger partial charge in [-0.15, -0.1) is 0 Å². The lowest BCUT2D eigenvalue weighted by Crippen LogP contribution is -2.35. The molecule has 11 heteroatoms. The van der Waals surface area contributed by atoms with Gasteiger partial charge in [0.25, 0.3) is 0 Å². The highest BCUT2D eigenvalue weighted by atomic mass is 16.6. The van der Waals surface area contributed by atoms with E-state index in [1.807, 2.05) is 24.3 Å². The van der Waals surface area contributed by atoms with Crippen LogP contribution < -0.4 is 28.4 Å². The lowest BCUT2D eigenvalue weighted by molar-refractivity contribution is 0.0431. The number of methoxy groups -OCH3 is 4. The molecule has 0 fully saturated rings. The second-order valence-corrected chi connectivity index (χ2v) is 14.3. The van der Waals surface area contributed by atoms with Gasteiger partial charge in [-0.2, -0.15) is 0 Å². The van der Waals surface area contributed by atoms with E-state index in [9.17, 15) is 4.79 Å². The number of hydrogen-bond donors (Lipinski definition) is 0. The molecule has 5 heterocycles. The van der Waals surface area contributed by atoms with Crippen LogP contribution in [0.4, 0.5) is 0 Å². The van der Waals surface area contributed by atoms with Crippen LogP contribution >= 0.6 is 0 Å². The zero-order valence-corrected chi connectivity index (χ0v) is 32.1. The van der Waals surface area contributed by atoms with Crippen molar-refractivity contribution in [1.82, 2.24) is 9.80 Å². The highest BCUT2D eigenvalue weighted by Crippen LogP contribution is 2.54. The summed E-state index contributed by atoms with van der Waals surface area (Å²) in [6.07, 6.45) is 4.36. The average molecular weight is 747 g/mol. The Balaban J connectivity index is 1.35. The average Bonchev–Trinajstić information content (AvgIpc) is 3.75. The predicted molar refractivity (Wildman–Crippen MR) is 206 cm³/mol. The molecule has 6 bridgehead atoms. The Morgan fingerprint density at radius 3 is 2.18 bits per heavy atom. The van der Waals surface area contributed by atoms with Gasteiger partial charge < -0.3 is 37.6 Å². The fourth-order valence-corrected chi connectivity index (χ4v) is 8.26. The molecule has 2 atom stereocenters. The van der Waals surface area contributed by atoms with Crippen LogP contribution in [0.25, 0.3) is 0 Å². The lowest BCUT2D eigenvalue weighted by Gasteiger charge is -2.38. The smallest absolute Gasteiger partial charge is 0.374 e. The standard InChI is InChI=1S/C44H46N2O9/c1-45-17-15-28-23-37(49-4)39-24-31(28)33(45)20-26-9-12-29(13-10-26)54-38-22-27(11-14-35(38)48-3)21-34-40-30(16-18-46(34)2)32(25-53-44(47)36-8-7-19-52-36)41(50-5)43(51-6)42(40)55-39/h7-14,19,22-24,33-34H,15-18,20-21,25H2,1-6H3/t33-,34-/m0/s1. The van der Waals surface area contributed by atoms with Crippen molar-refractivity contribution in [2.75, 3.05) is 55.6 Å². The molecule has 0 saturated heterocycles. The third-order valence-electron chi connectivity index (χ3n) is 11.2. The second-order valence-electron chi connectivity index (χ2n) is 14.3. The number of nitrogens with zero attached hydrogens (tertiary/aromatic N) is 2. The minimum absolute atomic E-state index is 0.0622. The fourth-order valence-electron chi connectivity index (χ4n) is 8.26. The van der Waals surface area contributed by atoms with E-state index in [4.69, 9.17) is 37.6 Å². The van der Waals surface area contributed by atoms with Gasteiger partial charge in [0.1, 0.15) is 12.4 Å². The van der Waals surface area contributed by atoms with Crippen LogP contribution in [0.3, 0.4) is 0 Å². The fraction of sp³-hybridized carbons (Fsp3) is 0.341. The zero-order valence-electron chi connectivity index (χ0n) is 32.1. The molecule has 9 rings (SSSR count). The van der Waals surface area contributed by atoms with Crippen molar-refractivity contribution in [2.45, 2.75) is 44.4 Å². The topological polar surface area (TPSA) is 101 Å². The van der Waals surface area contributed by atoms with Gasteiger partial charge in [-0.25, -0.2) is 4.79 Å². The molecule has 4 aromatic carbocycles. The van der Waals surface area contributed by atoms with Crippen LogP contribution in [0.1, 0.15) is 61.6 Å². The number of carbonyl (C=O) groups is 1. The van der Waals surface area contributed by atoms with E-state index in [1.165, 1.54) is 23.0 Å². The van der Waals surface area contributed by atoms with Gasteiger partial charge >= 0.3 is 5.97 Å². The first-order chi connectivity index (χ1) is 26.8. The maximum atomic E-state index is 13.1. The van der Waals surface area contributed by atoms with Crippen molar-refractivity contribution in [2.24, 2.45) is 0 Å². The van der Waals surface area contributed by atoms with Crippen LogP contribution in [0.5, 0.6) is 46.0 Å². The second kappa shape index (κ2) is 15.2. The highest BCUT2D eigenvalue weighted by molar-refractivity contribution is 5.86. The number of hydrogen-bond acceptors (Lipinski definition) is 11. The summed E-state index contributed by atoms with van der Waals surface area (Å²) < 4.78 is 49.0. The Morgan fingerprint density at radius 1 is 0.745 bits per heavy atom. The Morgan fingerprint density at radius 2 is 1.45 bits per heavy atom. The molecule has 4 aliphatic rings. The molecule has 0 N–H and O–H groups in total. The Labute approximate surface area is 321 Å². The lowest BCUT2D eigenvalue weighted by atomic mass is 9.84. The first kappa shape index (κ1) is 36.3. The number of rotatable bonds is 7. The monoisotopic (exact) mass is 746 g/mol. The summed E-state index contributed by atoms with van der Waals surface area (Å²) in [6.45, 7) is 1.58. The molecule has 0 radical (unpaired) electrons. The van der Waals surface area contributed by atoms with Gasteiger partial charge in [-0.05, 0) is 116 Å². The van der Waals surface area contributed by atoms with Gasteiger partial charge in [0, 0.05) is 36.3 Å². The van der Waals surface area contributed by atoms with Crippen LogP contribution in [0, 0.1) is 0 Å². The number of furan rings is 1. The molecule has 0 unspecified atom stereocenters. The Kier molecular flexibility index (Phi) is 10.1. The molecular formula is C44H46N2O9. The van der Waals surface area contributed by atoms with Crippen molar-refractivity contribution in [3.8, 4) is 46.0 Å². The molecule has 55 heavy (non-hydrogen) atoms. The van der Waals surface area contributed by atoms with Crippen LogP contribution in [0.15, 0.2) is 77.4 Å². The molecule has 0 saturated carbocycles. The van der Waals surface area contributed by atoms with Crippen LogP contribution in [-0.4, -0.2) is 71.4 Å².